The lowest BCUT2D eigenvalue weighted by molar-refractivity contribution is -0.119. The third-order valence-electron chi connectivity index (χ3n) is 1.97. The van der Waals surface area contributed by atoms with Crippen LogP contribution in [0.5, 0.6) is 0 Å². The highest BCUT2D eigenvalue weighted by molar-refractivity contribution is 5.85. The van der Waals surface area contributed by atoms with Gasteiger partial charge in [-0.3, -0.25) is 4.79 Å². The van der Waals surface area contributed by atoms with Crippen LogP contribution in [0, 0.1) is 5.92 Å². The number of hydrogen-bond donors (Lipinski definition) is 0. The van der Waals surface area contributed by atoms with Gasteiger partial charge in [-0.2, -0.15) is 0 Å². The SMILES string of the molecule is CC1CCN(C=O)CC1.Cl. The minimum atomic E-state index is 0. The Balaban J connectivity index is 0.000000810. The lowest BCUT2D eigenvalue weighted by atomic mass is 10.00. The highest BCUT2D eigenvalue weighted by atomic mass is 35.5. The molecule has 0 atom stereocenters. The Bertz CT molecular complexity index is 99.8. The van der Waals surface area contributed by atoms with Crippen LogP contribution >= 0.6 is 12.4 Å². The number of carbonyl (C=O) groups is 1. The molecule has 1 rings (SSSR count). The molecule has 0 aromatic heterocycles. The van der Waals surface area contributed by atoms with E-state index in [4.69, 9.17) is 0 Å². The van der Waals surface area contributed by atoms with Gasteiger partial charge in [0.1, 0.15) is 0 Å². The Hall–Kier alpha value is -0.240. The molecule has 60 valence electrons. The van der Waals surface area contributed by atoms with Gasteiger partial charge in [0.2, 0.25) is 6.41 Å². The maximum atomic E-state index is 10.2. The van der Waals surface area contributed by atoms with E-state index < -0.39 is 0 Å². The molecule has 0 unspecified atom stereocenters. The fraction of sp³-hybridized carbons (Fsp3) is 0.857. The molecule has 0 N–H and O–H groups in total. The van der Waals surface area contributed by atoms with Gasteiger partial charge in [-0.1, -0.05) is 6.92 Å². The van der Waals surface area contributed by atoms with Crippen molar-refractivity contribution in [3.63, 3.8) is 0 Å². The van der Waals surface area contributed by atoms with E-state index in [0.29, 0.717) is 0 Å². The molecule has 0 aliphatic carbocycles. The largest absolute Gasteiger partial charge is 0.345 e. The van der Waals surface area contributed by atoms with Gasteiger partial charge in [0.15, 0.2) is 0 Å². The van der Waals surface area contributed by atoms with Crippen molar-refractivity contribution in [1.82, 2.24) is 4.90 Å². The lowest BCUT2D eigenvalue weighted by Gasteiger charge is -2.26. The first kappa shape index (κ1) is 9.76. The predicted molar refractivity (Wildman–Crippen MR) is 43.3 cm³/mol. The summed E-state index contributed by atoms with van der Waals surface area (Å²) in [6.45, 7) is 4.16. The minimum absolute atomic E-state index is 0. The molecule has 3 heteroatoms. The zero-order valence-electron chi connectivity index (χ0n) is 6.25. The number of nitrogens with zero attached hydrogens (tertiary/aromatic N) is 1. The summed E-state index contributed by atoms with van der Waals surface area (Å²) in [7, 11) is 0. The van der Waals surface area contributed by atoms with Crippen molar-refractivity contribution in [1.29, 1.82) is 0 Å². The van der Waals surface area contributed by atoms with E-state index in [-0.39, 0.29) is 12.4 Å². The van der Waals surface area contributed by atoms with Crippen molar-refractivity contribution < 1.29 is 4.79 Å². The summed E-state index contributed by atoms with van der Waals surface area (Å²) < 4.78 is 0. The fourth-order valence-corrected chi connectivity index (χ4v) is 1.13. The van der Waals surface area contributed by atoms with Crippen LogP contribution in [0.1, 0.15) is 19.8 Å². The quantitative estimate of drug-likeness (QED) is 0.534. The topological polar surface area (TPSA) is 20.3 Å². The van der Waals surface area contributed by atoms with Crippen LogP contribution in [-0.4, -0.2) is 24.4 Å². The number of carbonyl (C=O) groups excluding carboxylic acids is 1. The van der Waals surface area contributed by atoms with Gasteiger partial charge in [-0.05, 0) is 18.8 Å². The van der Waals surface area contributed by atoms with Gasteiger partial charge in [-0.15, -0.1) is 12.4 Å². The average Bonchev–Trinajstić information content (AvgIpc) is 1.90. The molecule has 10 heavy (non-hydrogen) atoms. The molecule has 0 radical (unpaired) electrons. The van der Waals surface area contributed by atoms with Crippen LogP contribution in [0.3, 0.4) is 0 Å². The molecule has 0 bridgehead atoms. The standard InChI is InChI=1S/C7H13NO.ClH/c1-7-2-4-8(6-9)5-3-7;/h6-7H,2-5H2,1H3;1H. The van der Waals surface area contributed by atoms with Crippen molar-refractivity contribution >= 4 is 18.8 Å². The molecule has 0 aromatic rings. The second-order valence-electron chi connectivity index (χ2n) is 2.82. The van der Waals surface area contributed by atoms with Gasteiger partial charge in [0.25, 0.3) is 0 Å². The first-order chi connectivity index (χ1) is 4.33. The van der Waals surface area contributed by atoms with Crippen molar-refractivity contribution in [3.05, 3.63) is 0 Å². The summed E-state index contributed by atoms with van der Waals surface area (Å²) in [5.74, 6) is 0.821. The van der Waals surface area contributed by atoms with Crippen LogP contribution in [-0.2, 0) is 4.79 Å². The van der Waals surface area contributed by atoms with Crippen LogP contribution in [0.25, 0.3) is 0 Å². The molecule has 2 nitrogen and oxygen atoms in total. The summed E-state index contributed by atoms with van der Waals surface area (Å²) in [4.78, 5) is 12.0. The minimum Gasteiger partial charge on any atom is -0.345 e. The third kappa shape index (κ3) is 2.56. The number of halogens is 1. The summed E-state index contributed by atoms with van der Waals surface area (Å²) in [6, 6.07) is 0. The molecule has 1 fully saturated rings. The van der Waals surface area contributed by atoms with Crippen molar-refractivity contribution in [2.45, 2.75) is 19.8 Å². The zero-order valence-corrected chi connectivity index (χ0v) is 7.06. The van der Waals surface area contributed by atoms with Gasteiger partial charge in [0, 0.05) is 13.1 Å². The van der Waals surface area contributed by atoms with E-state index >= 15 is 0 Å². The average molecular weight is 164 g/mol. The summed E-state index contributed by atoms with van der Waals surface area (Å²) in [5, 5.41) is 0. The van der Waals surface area contributed by atoms with E-state index in [2.05, 4.69) is 6.92 Å². The first-order valence-electron chi connectivity index (χ1n) is 3.52. The number of likely N-dealkylation sites (tertiary alicyclic amines) is 1. The molecule has 0 saturated carbocycles. The molecule has 0 aromatic carbocycles. The Morgan fingerprint density at radius 1 is 1.40 bits per heavy atom. The zero-order chi connectivity index (χ0) is 6.69. The van der Waals surface area contributed by atoms with Crippen LogP contribution < -0.4 is 0 Å². The van der Waals surface area contributed by atoms with Gasteiger partial charge < -0.3 is 4.90 Å². The normalized spacial score (nSPS) is 19.9. The Morgan fingerprint density at radius 2 is 1.90 bits per heavy atom. The maximum Gasteiger partial charge on any atom is 0.209 e. The highest BCUT2D eigenvalue weighted by Crippen LogP contribution is 2.13. The van der Waals surface area contributed by atoms with Crippen LogP contribution in [0.2, 0.25) is 0 Å². The van der Waals surface area contributed by atoms with Gasteiger partial charge in [-0.25, -0.2) is 0 Å². The predicted octanol–water partition coefficient (Wildman–Crippen LogP) is 1.30. The Morgan fingerprint density at radius 3 is 2.30 bits per heavy atom. The second-order valence-corrected chi connectivity index (χ2v) is 2.82. The highest BCUT2D eigenvalue weighted by Gasteiger charge is 2.12. The number of amides is 1. The number of piperidine rings is 1. The second kappa shape index (κ2) is 4.56. The third-order valence-corrected chi connectivity index (χ3v) is 1.97. The van der Waals surface area contributed by atoms with Crippen LogP contribution in [0.4, 0.5) is 0 Å². The van der Waals surface area contributed by atoms with Crippen molar-refractivity contribution in [3.8, 4) is 0 Å². The fourth-order valence-electron chi connectivity index (χ4n) is 1.13. The van der Waals surface area contributed by atoms with E-state index in [1.54, 1.807) is 0 Å². The molecular formula is C7H14ClNO. The summed E-state index contributed by atoms with van der Waals surface area (Å²) >= 11 is 0. The Labute approximate surface area is 68.0 Å². The number of rotatable bonds is 1. The smallest absolute Gasteiger partial charge is 0.209 e. The molecule has 1 aliphatic rings. The van der Waals surface area contributed by atoms with Gasteiger partial charge >= 0.3 is 0 Å². The van der Waals surface area contributed by atoms with E-state index in [0.717, 1.165) is 25.4 Å². The molecule has 0 spiro atoms. The van der Waals surface area contributed by atoms with Crippen molar-refractivity contribution in [2.75, 3.05) is 13.1 Å². The maximum absolute atomic E-state index is 10.2. The van der Waals surface area contributed by atoms with E-state index in [1.807, 2.05) is 4.90 Å². The van der Waals surface area contributed by atoms with Crippen molar-refractivity contribution in [2.24, 2.45) is 5.92 Å². The molecule has 1 saturated heterocycles. The molecular weight excluding hydrogens is 150 g/mol. The molecule has 1 amide bonds. The molecule has 1 aliphatic heterocycles. The van der Waals surface area contributed by atoms with E-state index in [1.165, 1.54) is 12.8 Å². The molecule has 1 heterocycles. The van der Waals surface area contributed by atoms with Crippen LogP contribution in [0.15, 0.2) is 0 Å². The number of hydrogen-bond acceptors (Lipinski definition) is 1. The van der Waals surface area contributed by atoms with Gasteiger partial charge in [0.05, 0.1) is 0 Å². The monoisotopic (exact) mass is 163 g/mol. The lowest BCUT2D eigenvalue weighted by Crippen LogP contribution is -2.31. The van der Waals surface area contributed by atoms with E-state index in [9.17, 15) is 4.79 Å². The first-order valence-corrected chi connectivity index (χ1v) is 3.52. The summed E-state index contributed by atoms with van der Waals surface area (Å²) in [6.07, 6.45) is 3.31. The Kier molecular flexibility index (Phi) is 4.45. The summed E-state index contributed by atoms with van der Waals surface area (Å²) in [5.41, 5.74) is 0.